The van der Waals surface area contributed by atoms with E-state index < -0.39 is 0 Å². The third-order valence-corrected chi connectivity index (χ3v) is 5.29. The van der Waals surface area contributed by atoms with E-state index in [1.807, 2.05) is 0 Å². The zero-order valence-electron chi connectivity index (χ0n) is 7.01. The molecule has 3 nitrogen and oxygen atoms in total. The van der Waals surface area contributed by atoms with E-state index in [0.717, 1.165) is 13.2 Å². The highest BCUT2D eigenvalue weighted by molar-refractivity contribution is 8.00. The SMILES string of the molecule is O=C1[C@@H]2[C@H]3CO[C@@H]2S[C@@H]2OC[C@@H]3[C@H]12. The average molecular weight is 198 g/mol. The lowest BCUT2D eigenvalue weighted by molar-refractivity contribution is -0.126. The summed E-state index contributed by atoms with van der Waals surface area (Å²) in [5.41, 5.74) is 0.230. The van der Waals surface area contributed by atoms with E-state index in [1.54, 1.807) is 11.8 Å². The van der Waals surface area contributed by atoms with Crippen LogP contribution in [-0.4, -0.2) is 29.9 Å². The fourth-order valence-electron chi connectivity index (χ4n) is 3.30. The van der Waals surface area contributed by atoms with Crippen molar-refractivity contribution in [3.8, 4) is 0 Å². The number of carbonyl (C=O) groups excluding carboxylic acids is 1. The van der Waals surface area contributed by atoms with E-state index in [0.29, 0.717) is 17.6 Å². The first-order valence-corrected chi connectivity index (χ1v) is 5.73. The number of thioether (sulfide) groups is 1. The molecule has 3 heterocycles. The quantitative estimate of drug-likeness (QED) is 0.567. The van der Waals surface area contributed by atoms with E-state index >= 15 is 0 Å². The Morgan fingerprint density at radius 1 is 1.08 bits per heavy atom. The van der Waals surface area contributed by atoms with Crippen LogP contribution in [-0.2, 0) is 14.3 Å². The van der Waals surface area contributed by atoms with Crippen LogP contribution in [0.3, 0.4) is 0 Å². The zero-order valence-corrected chi connectivity index (χ0v) is 7.83. The molecule has 2 bridgehead atoms. The van der Waals surface area contributed by atoms with Crippen molar-refractivity contribution in [1.82, 2.24) is 0 Å². The minimum Gasteiger partial charge on any atom is -0.366 e. The molecule has 0 N–H and O–H groups in total. The van der Waals surface area contributed by atoms with Gasteiger partial charge in [0.25, 0.3) is 0 Å². The number of ketones is 1. The molecular formula is C9H10O3S. The Labute approximate surface area is 80.1 Å². The Morgan fingerprint density at radius 2 is 1.62 bits per heavy atom. The Kier molecular flexibility index (Phi) is 1.19. The molecule has 3 aliphatic heterocycles. The Balaban J connectivity index is 1.89. The third-order valence-electron chi connectivity index (χ3n) is 3.89. The number of ether oxygens (including phenoxy) is 2. The predicted octanol–water partition coefficient (Wildman–Crippen LogP) is 0.493. The Morgan fingerprint density at radius 3 is 2.15 bits per heavy atom. The van der Waals surface area contributed by atoms with Crippen molar-refractivity contribution in [2.75, 3.05) is 13.2 Å². The minimum absolute atomic E-state index is 0.115. The van der Waals surface area contributed by atoms with Gasteiger partial charge in [-0.1, -0.05) is 11.8 Å². The summed E-state index contributed by atoms with van der Waals surface area (Å²) >= 11 is 1.73. The second-order valence-corrected chi connectivity index (χ2v) is 5.52. The van der Waals surface area contributed by atoms with Gasteiger partial charge in [0, 0.05) is 11.8 Å². The second-order valence-electron chi connectivity index (χ2n) is 4.32. The minimum atomic E-state index is 0.115. The normalized spacial score (nSPS) is 62.0. The summed E-state index contributed by atoms with van der Waals surface area (Å²) in [7, 11) is 0. The molecule has 0 amide bonds. The zero-order chi connectivity index (χ0) is 8.58. The summed E-state index contributed by atoms with van der Waals surface area (Å²) in [4.78, 5) is 11.9. The summed E-state index contributed by atoms with van der Waals surface area (Å²) in [6.07, 6.45) is 0. The lowest BCUT2D eigenvalue weighted by atomic mass is 9.91. The summed E-state index contributed by atoms with van der Waals surface area (Å²) in [6, 6.07) is 0. The maximum Gasteiger partial charge on any atom is 0.146 e. The van der Waals surface area contributed by atoms with Crippen molar-refractivity contribution in [1.29, 1.82) is 0 Å². The van der Waals surface area contributed by atoms with Gasteiger partial charge in [0.15, 0.2) is 0 Å². The number of Topliss-reactive ketones (excluding diaryl/α,β-unsaturated/α-hetero) is 1. The van der Waals surface area contributed by atoms with Crippen molar-refractivity contribution >= 4 is 17.5 Å². The molecule has 0 radical (unpaired) electrons. The smallest absolute Gasteiger partial charge is 0.146 e. The highest BCUT2D eigenvalue weighted by Gasteiger charge is 2.65. The highest BCUT2D eigenvalue weighted by atomic mass is 32.2. The van der Waals surface area contributed by atoms with Gasteiger partial charge in [-0.3, -0.25) is 4.79 Å². The van der Waals surface area contributed by atoms with Crippen LogP contribution in [0.25, 0.3) is 0 Å². The fourth-order valence-corrected chi connectivity index (χ4v) is 4.89. The second kappa shape index (κ2) is 2.12. The first-order valence-electron chi connectivity index (χ1n) is 4.78. The van der Waals surface area contributed by atoms with Crippen molar-refractivity contribution in [2.45, 2.75) is 10.9 Å². The summed E-state index contributed by atoms with van der Waals surface area (Å²) in [5, 5.41) is 0. The van der Waals surface area contributed by atoms with Crippen LogP contribution in [0.2, 0.25) is 0 Å². The molecule has 4 heteroatoms. The lowest BCUT2D eigenvalue weighted by Crippen LogP contribution is -2.35. The molecule has 70 valence electrons. The van der Waals surface area contributed by atoms with Gasteiger partial charge < -0.3 is 9.47 Å². The number of rotatable bonds is 0. The number of hydrogen-bond acceptors (Lipinski definition) is 4. The average Bonchev–Trinajstić information content (AvgIpc) is 2.65. The number of fused-ring (bicyclic) bond motifs is 1. The molecule has 4 aliphatic rings. The van der Waals surface area contributed by atoms with Crippen LogP contribution in [0.5, 0.6) is 0 Å². The molecule has 0 aromatic rings. The van der Waals surface area contributed by atoms with E-state index in [9.17, 15) is 4.79 Å². The molecule has 13 heavy (non-hydrogen) atoms. The van der Waals surface area contributed by atoms with Crippen LogP contribution in [0.15, 0.2) is 0 Å². The highest BCUT2D eigenvalue weighted by Crippen LogP contribution is 2.59. The molecular weight excluding hydrogens is 188 g/mol. The van der Waals surface area contributed by atoms with E-state index in [2.05, 4.69) is 0 Å². The van der Waals surface area contributed by atoms with Crippen LogP contribution in [0.1, 0.15) is 0 Å². The molecule has 6 atom stereocenters. The molecule has 0 spiro atoms. The van der Waals surface area contributed by atoms with Gasteiger partial charge in [-0.15, -0.1) is 0 Å². The summed E-state index contributed by atoms with van der Waals surface area (Å²) in [5.74, 6) is 1.80. The number of carbonyl (C=O) groups is 1. The predicted molar refractivity (Wildman–Crippen MR) is 46.0 cm³/mol. The van der Waals surface area contributed by atoms with Crippen molar-refractivity contribution in [2.24, 2.45) is 23.7 Å². The standard InChI is InChI=1S/C9H10O3S/c10-7-5-3-1-11-8(5)13-9-6(7)4(3)2-12-9/h3-6,8-9H,1-2H2/t3-,4-,5-,6+,8+,9-/m0/s1. The molecule has 0 aromatic carbocycles. The molecule has 0 aromatic heterocycles. The van der Waals surface area contributed by atoms with Gasteiger partial charge in [-0.2, -0.15) is 0 Å². The monoisotopic (exact) mass is 198 g/mol. The lowest BCUT2D eigenvalue weighted by Gasteiger charge is -2.27. The maximum atomic E-state index is 11.9. The van der Waals surface area contributed by atoms with Crippen molar-refractivity contribution < 1.29 is 14.3 Å². The van der Waals surface area contributed by atoms with Crippen LogP contribution in [0, 0.1) is 23.7 Å². The largest absolute Gasteiger partial charge is 0.366 e. The fraction of sp³-hybridized carbons (Fsp3) is 0.889. The molecule has 0 unspecified atom stereocenters. The Bertz CT molecular complexity index is 267. The van der Waals surface area contributed by atoms with Crippen LogP contribution < -0.4 is 0 Å². The van der Waals surface area contributed by atoms with Crippen molar-refractivity contribution in [3.05, 3.63) is 0 Å². The topological polar surface area (TPSA) is 35.5 Å². The van der Waals surface area contributed by atoms with E-state index in [4.69, 9.17) is 9.47 Å². The molecule has 4 fully saturated rings. The van der Waals surface area contributed by atoms with Crippen molar-refractivity contribution in [3.63, 3.8) is 0 Å². The van der Waals surface area contributed by atoms with Crippen LogP contribution in [0.4, 0.5) is 0 Å². The van der Waals surface area contributed by atoms with E-state index in [-0.39, 0.29) is 22.7 Å². The summed E-state index contributed by atoms with van der Waals surface area (Å²) < 4.78 is 11.2. The Hall–Kier alpha value is -0.0600. The molecule has 1 aliphatic carbocycles. The summed E-state index contributed by atoms with van der Waals surface area (Å²) in [6.45, 7) is 1.57. The first-order chi connectivity index (χ1) is 6.36. The van der Waals surface area contributed by atoms with Gasteiger partial charge in [-0.05, 0) is 0 Å². The molecule has 1 saturated carbocycles. The van der Waals surface area contributed by atoms with Crippen LogP contribution >= 0.6 is 11.8 Å². The van der Waals surface area contributed by atoms with Gasteiger partial charge >= 0.3 is 0 Å². The molecule has 4 rings (SSSR count). The first kappa shape index (κ1) is 7.26. The van der Waals surface area contributed by atoms with Gasteiger partial charge in [-0.25, -0.2) is 0 Å². The third kappa shape index (κ3) is 0.671. The van der Waals surface area contributed by atoms with Gasteiger partial charge in [0.2, 0.25) is 0 Å². The molecule has 3 saturated heterocycles. The van der Waals surface area contributed by atoms with Gasteiger partial charge in [0.1, 0.15) is 16.7 Å². The maximum absolute atomic E-state index is 11.9. The van der Waals surface area contributed by atoms with E-state index in [1.165, 1.54) is 0 Å². The van der Waals surface area contributed by atoms with Gasteiger partial charge in [0.05, 0.1) is 25.0 Å². The number of hydrogen-bond donors (Lipinski definition) is 0.